The molecule has 0 spiro atoms. The average molecular weight is 459 g/mol. The molecule has 0 saturated carbocycles. The third kappa shape index (κ3) is 4.40. The van der Waals surface area contributed by atoms with E-state index in [0.717, 1.165) is 15.9 Å². The van der Waals surface area contributed by atoms with Gasteiger partial charge in [-0.05, 0) is 55.8 Å². The van der Waals surface area contributed by atoms with E-state index in [-0.39, 0.29) is 17.5 Å². The molecule has 0 saturated heterocycles. The van der Waals surface area contributed by atoms with E-state index in [4.69, 9.17) is 0 Å². The van der Waals surface area contributed by atoms with E-state index >= 15 is 0 Å². The molecule has 0 radical (unpaired) electrons. The van der Waals surface area contributed by atoms with Crippen LogP contribution >= 0.6 is 15.9 Å². The lowest BCUT2D eigenvalue weighted by molar-refractivity contribution is -0.119. The molecule has 3 aromatic rings. The summed E-state index contributed by atoms with van der Waals surface area (Å²) in [5.41, 5.74) is 2.84. The summed E-state index contributed by atoms with van der Waals surface area (Å²) in [6.45, 7) is 8.00. The van der Waals surface area contributed by atoms with Crippen molar-refractivity contribution in [3.8, 4) is 0 Å². The molecule has 0 aliphatic heterocycles. The molecule has 0 aliphatic rings. The summed E-state index contributed by atoms with van der Waals surface area (Å²) >= 11 is 3.48. The molecule has 1 atom stereocenters. The maximum Gasteiger partial charge on any atom is 0.278 e. The van der Waals surface area contributed by atoms with Crippen LogP contribution < -0.4 is 10.6 Å². The SMILES string of the molecule is CCn1cc(NC(=O)C(C)n2nc(C)c(Br)c2C)c(C(=O)Nc2ccccc2)n1. The molecule has 9 heteroatoms. The number of amides is 2. The van der Waals surface area contributed by atoms with Crippen molar-refractivity contribution in [3.05, 3.63) is 58.1 Å². The van der Waals surface area contributed by atoms with Crippen LogP contribution in [0.5, 0.6) is 0 Å². The Morgan fingerprint density at radius 1 is 1.14 bits per heavy atom. The maximum atomic E-state index is 12.9. The zero-order chi connectivity index (χ0) is 21.1. The average Bonchev–Trinajstić information content (AvgIpc) is 3.24. The predicted octanol–water partition coefficient (Wildman–Crippen LogP) is 3.93. The Labute approximate surface area is 177 Å². The number of rotatable bonds is 6. The van der Waals surface area contributed by atoms with E-state index in [0.29, 0.717) is 17.9 Å². The molecule has 1 unspecified atom stereocenters. The van der Waals surface area contributed by atoms with Crippen LogP contribution in [0.4, 0.5) is 11.4 Å². The molecule has 152 valence electrons. The number of nitrogens with zero attached hydrogens (tertiary/aromatic N) is 4. The van der Waals surface area contributed by atoms with E-state index < -0.39 is 6.04 Å². The maximum absolute atomic E-state index is 12.9. The van der Waals surface area contributed by atoms with E-state index in [2.05, 4.69) is 36.8 Å². The van der Waals surface area contributed by atoms with Crippen LogP contribution in [-0.2, 0) is 11.3 Å². The number of para-hydroxylation sites is 1. The number of carbonyl (C=O) groups excluding carboxylic acids is 2. The fourth-order valence-electron chi connectivity index (χ4n) is 2.92. The van der Waals surface area contributed by atoms with Crippen molar-refractivity contribution in [1.29, 1.82) is 0 Å². The molecule has 2 amide bonds. The van der Waals surface area contributed by atoms with Crippen LogP contribution in [-0.4, -0.2) is 31.4 Å². The first-order valence-electron chi connectivity index (χ1n) is 9.27. The number of anilines is 2. The highest BCUT2D eigenvalue weighted by Crippen LogP contribution is 2.24. The largest absolute Gasteiger partial charge is 0.321 e. The first-order chi connectivity index (χ1) is 13.8. The Hall–Kier alpha value is -2.94. The van der Waals surface area contributed by atoms with Gasteiger partial charge in [-0.25, -0.2) is 0 Å². The smallest absolute Gasteiger partial charge is 0.278 e. The quantitative estimate of drug-likeness (QED) is 0.584. The zero-order valence-electron chi connectivity index (χ0n) is 16.7. The summed E-state index contributed by atoms with van der Waals surface area (Å²) in [7, 11) is 0. The van der Waals surface area contributed by atoms with E-state index in [9.17, 15) is 9.59 Å². The van der Waals surface area contributed by atoms with Gasteiger partial charge in [0.25, 0.3) is 5.91 Å². The van der Waals surface area contributed by atoms with Crippen LogP contribution in [0, 0.1) is 13.8 Å². The third-order valence-electron chi connectivity index (χ3n) is 4.57. The van der Waals surface area contributed by atoms with Crippen molar-refractivity contribution in [2.24, 2.45) is 0 Å². The lowest BCUT2D eigenvalue weighted by Gasteiger charge is -2.14. The zero-order valence-corrected chi connectivity index (χ0v) is 18.3. The van der Waals surface area contributed by atoms with Crippen LogP contribution in [0.3, 0.4) is 0 Å². The first kappa shape index (κ1) is 20.8. The molecule has 29 heavy (non-hydrogen) atoms. The highest BCUT2D eigenvalue weighted by atomic mass is 79.9. The van der Waals surface area contributed by atoms with Crippen molar-refractivity contribution in [3.63, 3.8) is 0 Å². The van der Waals surface area contributed by atoms with Gasteiger partial charge < -0.3 is 10.6 Å². The van der Waals surface area contributed by atoms with Gasteiger partial charge in [0.05, 0.1) is 21.5 Å². The topological polar surface area (TPSA) is 93.8 Å². The number of halogens is 1. The molecule has 2 heterocycles. The fourth-order valence-corrected chi connectivity index (χ4v) is 3.18. The van der Waals surface area contributed by atoms with Crippen molar-refractivity contribution in [2.45, 2.75) is 40.3 Å². The van der Waals surface area contributed by atoms with Gasteiger partial charge in [-0.1, -0.05) is 18.2 Å². The Morgan fingerprint density at radius 2 is 1.83 bits per heavy atom. The molecule has 3 rings (SSSR count). The Bertz CT molecular complexity index is 1040. The number of hydrogen-bond donors (Lipinski definition) is 2. The van der Waals surface area contributed by atoms with Crippen molar-refractivity contribution >= 4 is 39.1 Å². The van der Waals surface area contributed by atoms with Crippen LogP contribution in [0.25, 0.3) is 0 Å². The fraction of sp³-hybridized carbons (Fsp3) is 0.300. The molecule has 2 aromatic heterocycles. The molecule has 8 nitrogen and oxygen atoms in total. The first-order valence-corrected chi connectivity index (χ1v) is 10.1. The highest BCUT2D eigenvalue weighted by molar-refractivity contribution is 9.10. The van der Waals surface area contributed by atoms with Gasteiger partial charge in [-0.15, -0.1) is 0 Å². The molecular weight excluding hydrogens is 436 g/mol. The summed E-state index contributed by atoms with van der Waals surface area (Å²) in [5.74, 6) is -0.673. The number of benzene rings is 1. The normalized spacial score (nSPS) is 11.9. The van der Waals surface area contributed by atoms with Gasteiger partial charge in [0, 0.05) is 18.4 Å². The molecular formula is C20H23BrN6O2. The summed E-state index contributed by atoms with van der Waals surface area (Å²) in [6, 6.07) is 8.54. The lowest BCUT2D eigenvalue weighted by atomic mass is 10.2. The Kier molecular flexibility index (Phi) is 6.17. The molecule has 1 aromatic carbocycles. The van der Waals surface area contributed by atoms with Gasteiger partial charge in [-0.3, -0.25) is 19.0 Å². The van der Waals surface area contributed by atoms with Crippen LogP contribution in [0.15, 0.2) is 41.0 Å². The second-order valence-electron chi connectivity index (χ2n) is 6.66. The summed E-state index contributed by atoms with van der Waals surface area (Å²) in [4.78, 5) is 25.6. The molecule has 0 bridgehead atoms. The van der Waals surface area contributed by atoms with Gasteiger partial charge in [0.2, 0.25) is 5.91 Å². The Balaban J connectivity index is 1.83. The highest BCUT2D eigenvalue weighted by Gasteiger charge is 2.24. The number of aromatic nitrogens is 4. The Morgan fingerprint density at radius 3 is 2.41 bits per heavy atom. The van der Waals surface area contributed by atoms with E-state index in [1.807, 2.05) is 39.0 Å². The van der Waals surface area contributed by atoms with Crippen molar-refractivity contribution < 1.29 is 9.59 Å². The van der Waals surface area contributed by atoms with Crippen LogP contribution in [0.2, 0.25) is 0 Å². The van der Waals surface area contributed by atoms with Gasteiger partial charge >= 0.3 is 0 Å². The third-order valence-corrected chi connectivity index (χ3v) is 5.72. The minimum absolute atomic E-state index is 0.158. The number of nitrogens with one attached hydrogen (secondary N) is 2. The predicted molar refractivity (Wildman–Crippen MR) is 115 cm³/mol. The van der Waals surface area contributed by atoms with Crippen LogP contribution in [0.1, 0.15) is 41.8 Å². The lowest BCUT2D eigenvalue weighted by Crippen LogP contribution is -2.26. The standard InChI is InChI=1S/C20H23BrN6O2/c1-5-26-11-16(18(25-26)20(29)22-15-9-7-6-8-10-15)23-19(28)14(4)27-13(3)17(21)12(2)24-27/h6-11,14H,5H2,1-4H3,(H,22,29)(H,23,28). The second kappa shape index (κ2) is 8.60. The number of aryl methyl sites for hydroxylation is 2. The van der Waals surface area contributed by atoms with E-state index in [1.165, 1.54) is 0 Å². The molecule has 0 fully saturated rings. The summed E-state index contributed by atoms with van der Waals surface area (Å²) in [6.07, 6.45) is 1.65. The van der Waals surface area contributed by atoms with E-state index in [1.54, 1.807) is 34.6 Å². The monoisotopic (exact) mass is 458 g/mol. The summed E-state index contributed by atoms with van der Waals surface area (Å²) in [5, 5.41) is 14.3. The van der Waals surface area contributed by atoms with Gasteiger partial charge in [0.15, 0.2) is 5.69 Å². The molecule has 0 aliphatic carbocycles. The number of carbonyl (C=O) groups is 2. The van der Waals surface area contributed by atoms with Gasteiger partial charge in [-0.2, -0.15) is 10.2 Å². The minimum Gasteiger partial charge on any atom is -0.321 e. The van der Waals surface area contributed by atoms with Crippen molar-refractivity contribution in [1.82, 2.24) is 19.6 Å². The second-order valence-corrected chi connectivity index (χ2v) is 7.45. The molecule has 2 N–H and O–H groups in total. The van der Waals surface area contributed by atoms with Crippen molar-refractivity contribution in [2.75, 3.05) is 10.6 Å². The number of hydrogen-bond acceptors (Lipinski definition) is 4. The van der Waals surface area contributed by atoms with Gasteiger partial charge in [0.1, 0.15) is 6.04 Å². The summed E-state index contributed by atoms with van der Waals surface area (Å²) < 4.78 is 4.14. The minimum atomic E-state index is -0.560.